The van der Waals surface area contributed by atoms with Crippen LogP contribution >= 0.6 is 12.2 Å². The molecule has 3 N–H and O–H groups in total. The van der Waals surface area contributed by atoms with E-state index in [1.54, 1.807) is 0 Å². The Balaban J connectivity index is 1.71. The van der Waals surface area contributed by atoms with Gasteiger partial charge in [-0.05, 0) is 75.0 Å². The Bertz CT molecular complexity index is 760. The number of thiocarbonyl (C=S) groups is 1. The fraction of sp³-hybridized carbons (Fsp3) is 0.619. The highest BCUT2D eigenvalue weighted by Gasteiger charge is 2.54. The highest BCUT2D eigenvalue weighted by atomic mass is 32.1. The monoisotopic (exact) mass is 403 g/mol. The molecule has 3 fully saturated rings. The van der Waals surface area contributed by atoms with E-state index < -0.39 is 24.2 Å². The van der Waals surface area contributed by atoms with Gasteiger partial charge >= 0.3 is 0 Å². The van der Waals surface area contributed by atoms with Crippen molar-refractivity contribution in [3.05, 3.63) is 29.3 Å². The number of aliphatic hydroxyl groups excluding tert-OH is 2. The first-order chi connectivity index (χ1) is 13.4. The molecule has 3 aliphatic rings. The third-order valence-electron chi connectivity index (χ3n) is 6.31. The van der Waals surface area contributed by atoms with Crippen molar-refractivity contribution < 1.29 is 15.0 Å². The molecule has 1 aromatic rings. The van der Waals surface area contributed by atoms with Crippen LogP contribution in [-0.2, 0) is 4.79 Å². The number of aryl methyl sites for hydroxylation is 2. The van der Waals surface area contributed by atoms with Gasteiger partial charge in [0, 0.05) is 18.8 Å². The van der Waals surface area contributed by atoms with Crippen molar-refractivity contribution in [3.63, 3.8) is 0 Å². The number of hydrogen-bond donors (Lipinski definition) is 3. The third kappa shape index (κ3) is 3.40. The van der Waals surface area contributed by atoms with Gasteiger partial charge < -0.3 is 25.3 Å². The molecule has 4 rings (SSSR count). The van der Waals surface area contributed by atoms with E-state index in [4.69, 9.17) is 12.2 Å². The smallest absolute Gasteiger partial charge is 0.227 e. The molecule has 2 heterocycles. The van der Waals surface area contributed by atoms with E-state index >= 15 is 0 Å². The van der Waals surface area contributed by atoms with Crippen molar-refractivity contribution in [2.45, 2.75) is 63.8 Å². The van der Waals surface area contributed by atoms with Crippen molar-refractivity contribution in [1.82, 2.24) is 10.2 Å². The topological polar surface area (TPSA) is 76.0 Å². The van der Waals surface area contributed by atoms with E-state index in [1.165, 1.54) is 0 Å². The summed E-state index contributed by atoms with van der Waals surface area (Å²) in [5.41, 5.74) is 3.18. The number of amides is 1. The lowest BCUT2D eigenvalue weighted by molar-refractivity contribution is -0.142. The maximum Gasteiger partial charge on any atom is 0.227 e. The van der Waals surface area contributed by atoms with Gasteiger partial charge in [-0.2, -0.15) is 0 Å². The molecule has 7 heteroatoms. The van der Waals surface area contributed by atoms with Crippen LogP contribution in [0.1, 0.15) is 36.8 Å². The van der Waals surface area contributed by atoms with Crippen LogP contribution in [0, 0.1) is 19.8 Å². The Labute approximate surface area is 171 Å². The molecule has 2 saturated heterocycles. The zero-order valence-corrected chi connectivity index (χ0v) is 17.3. The molecule has 0 radical (unpaired) electrons. The van der Waals surface area contributed by atoms with E-state index in [0.29, 0.717) is 5.11 Å². The molecule has 5 atom stereocenters. The van der Waals surface area contributed by atoms with Gasteiger partial charge in [0.2, 0.25) is 5.91 Å². The lowest BCUT2D eigenvalue weighted by Crippen LogP contribution is -2.61. The molecule has 1 amide bonds. The minimum Gasteiger partial charge on any atom is -0.390 e. The van der Waals surface area contributed by atoms with Gasteiger partial charge in [-0.1, -0.05) is 6.07 Å². The molecule has 0 aromatic heterocycles. The summed E-state index contributed by atoms with van der Waals surface area (Å²) in [5.74, 6) is -0.336. The standard InChI is InChI=1S/C21H29N3O3S/c1-12-8-13(2)10-14(9-12)24-18-15(20(27)23-6-4-3-5-7-23)11-16(25)19(26)17(18)22-21(24)28/h8-10,15-19,25-26H,3-7,11H2,1-2H3,(H,22,28)/t15-,16-,17-,18+,19+/m1/s1. The van der Waals surface area contributed by atoms with Crippen LogP contribution in [0.25, 0.3) is 0 Å². The number of nitrogens with zero attached hydrogens (tertiary/aromatic N) is 2. The molecule has 1 aromatic carbocycles. The maximum atomic E-state index is 13.4. The number of anilines is 1. The quantitative estimate of drug-likeness (QED) is 0.650. The van der Waals surface area contributed by atoms with Crippen LogP contribution in [0.15, 0.2) is 18.2 Å². The van der Waals surface area contributed by atoms with Gasteiger partial charge in [0.25, 0.3) is 0 Å². The second-order valence-corrected chi connectivity index (χ2v) is 8.85. The van der Waals surface area contributed by atoms with Gasteiger partial charge in [0.15, 0.2) is 5.11 Å². The lowest BCUT2D eigenvalue weighted by Gasteiger charge is -2.43. The number of carbonyl (C=O) groups is 1. The van der Waals surface area contributed by atoms with Gasteiger partial charge in [0.05, 0.1) is 24.1 Å². The first kappa shape index (κ1) is 19.6. The first-order valence-corrected chi connectivity index (χ1v) is 10.6. The summed E-state index contributed by atoms with van der Waals surface area (Å²) < 4.78 is 0. The Morgan fingerprint density at radius 2 is 1.75 bits per heavy atom. The van der Waals surface area contributed by atoms with Crippen molar-refractivity contribution >= 4 is 28.9 Å². The van der Waals surface area contributed by atoms with E-state index in [2.05, 4.69) is 23.5 Å². The molecule has 2 aliphatic heterocycles. The van der Waals surface area contributed by atoms with Crippen LogP contribution in [0.3, 0.4) is 0 Å². The predicted octanol–water partition coefficient (Wildman–Crippen LogP) is 1.49. The van der Waals surface area contributed by atoms with Crippen molar-refractivity contribution in [3.8, 4) is 0 Å². The van der Waals surface area contributed by atoms with E-state index in [9.17, 15) is 15.0 Å². The predicted molar refractivity (Wildman–Crippen MR) is 112 cm³/mol. The summed E-state index contributed by atoms with van der Waals surface area (Å²) in [7, 11) is 0. The average Bonchev–Trinajstić information content (AvgIpc) is 3.01. The highest BCUT2D eigenvalue weighted by Crippen LogP contribution is 2.38. The Morgan fingerprint density at radius 1 is 1.11 bits per heavy atom. The zero-order valence-electron chi connectivity index (χ0n) is 16.5. The Hall–Kier alpha value is -1.70. The summed E-state index contributed by atoms with van der Waals surface area (Å²) in [6, 6.07) is 5.45. The fourth-order valence-electron chi connectivity index (χ4n) is 5.06. The summed E-state index contributed by atoms with van der Waals surface area (Å²) in [4.78, 5) is 17.3. The number of hydrogen-bond acceptors (Lipinski definition) is 4. The SMILES string of the molecule is Cc1cc(C)cc(N2C(=S)N[C@H]3[C@@H](O)[C@H](O)C[C@@H](C(=O)N4CCCCC4)[C@@H]32)c1. The molecule has 1 aliphatic carbocycles. The molecule has 6 nitrogen and oxygen atoms in total. The number of likely N-dealkylation sites (tertiary alicyclic amines) is 1. The van der Waals surface area contributed by atoms with Gasteiger partial charge in [-0.3, -0.25) is 4.79 Å². The largest absolute Gasteiger partial charge is 0.390 e. The fourth-order valence-corrected chi connectivity index (χ4v) is 5.43. The molecule has 0 unspecified atom stereocenters. The molecule has 152 valence electrons. The first-order valence-electron chi connectivity index (χ1n) is 10.2. The van der Waals surface area contributed by atoms with E-state index in [0.717, 1.165) is 49.2 Å². The molecule has 0 spiro atoms. The summed E-state index contributed by atoms with van der Waals surface area (Å²) >= 11 is 5.61. The average molecular weight is 404 g/mol. The van der Waals surface area contributed by atoms with Gasteiger partial charge in [-0.25, -0.2) is 0 Å². The van der Waals surface area contributed by atoms with E-state index in [-0.39, 0.29) is 18.4 Å². The number of piperidine rings is 1. The number of fused-ring (bicyclic) bond motifs is 1. The minimum atomic E-state index is -0.954. The lowest BCUT2D eigenvalue weighted by atomic mass is 9.76. The van der Waals surface area contributed by atoms with Crippen LogP contribution in [0.5, 0.6) is 0 Å². The second-order valence-electron chi connectivity index (χ2n) is 8.47. The number of rotatable bonds is 2. The van der Waals surface area contributed by atoms with Crippen LogP contribution < -0.4 is 10.2 Å². The van der Waals surface area contributed by atoms with Crippen LogP contribution in [0.4, 0.5) is 5.69 Å². The van der Waals surface area contributed by atoms with E-state index in [1.807, 2.05) is 23.6 Å². The molecule has 28 heavy (non-hydrogen) atoms. The minimum absolute atomic E-state index is 0.0709. The van der Waals surface area contributed by atoms with Crippen LogP contribution in [-0.4, -0.2) is 63.5 Å². The number of aliphatic hydroxyl groups is 2. The highest BCUT2D eigenvalue weighted by molar-refractivity contribution is 7.80. The van der Waals surface area contributed by atoms with Crippen molar-refractivity contribution in [2.75, 3.05) is 18.0 Å². The second kappa shape index (κ2) is 7.61. The Kier molecular flexibility index (Phi) is 5.33. The number of benzene rings is 1. The molecule has 0 bridgehead atoms. The van der Waals surface area contributed by atoms with Crippen molar-refractivity contribution in [2.24, 2.45) is 5.92 Å². The summed E-state index contributed by atoms with van der Waals surface area (Å²) in [6.07, 6.45) is 1.56. The molecular weight excluding hydrogens is 374 g/mol. The third-order valence-corrected chi connectivity index (χ3v) is 6.63. The molecular formula is C21H29N3O3S. The zero-order chi connectivity index (χ0) is 20.0. The maximum absolute atomic E-state index is 13.4. The Morgan fingerprint density at radius 3 is 2.39 bits per heavy atom. The van der Waals surface area contributed by atoms with Crippen molar-refractivity contribution in [1.29, 1.82) is 0 Å². The summed E-state index contributed by atoms with van der Waals surface area (Å²) in [5, 5.41) is 24.8. The van der Waals surface area contributed by atoms with Crippen LogP contribution in [0.2, 0.25) is 0 Å². The number of carbonyl (C=O) groups excluding carboxylic acids is 1. The molecule has 1 saturated carbocycles. The van der Waals surface area contributed by atoms with Gasteiger partial charge in [-0.15, -0.1) is 0 Å². The normalized spacial score (nSPS) is 32.9. The summed E-state index contributed by atoms with van der Waals surface area (Å²) in [6.45, 7) is 5.62. The number of nitrogens with one attached hydrogen (secondary N) is 1. The van der Waals surface area contributed by atoms with Gasteiger partial charge in [0.1, 0.15) is 6.10 Å².